The van der Waals surface area contributed by atoms with E-state index in [0.717, 1.165) is 25.7 Å². The lowest BCUT2D eigenvalue weighted by atomic mass is 10.0. The molecule has 0 aliphatic rings. The van der Waals surface area contributed by atoms with Gasteiger partial charge in [-0.05, 0) is 32.1 Å². The van der Waals surface area contributed by atoms with E-state index in [1.807, 2.05) is 0 Å². The highest BCUT2D eigenvalue weighted by Gasteiger charge is 1.98. The van der Waals surface area contributed by atoms with E-state index in [4.69, 9.17) is 5.11 Å². The first-order chi connectivity index (χ1) is 9.16. The van der Waals surface area contributed by atoms with Gasteiger partial charge in [-0.3, -0.25) is 4.79 Å². The van der Waals surface area contributed by atoms with Crippen LogP contribution in [0.2, 0.25) is 0 Å². The van der Waals surface area contributed by atoms with Crippen LogP contribution in [0.15, 0.2) is 12.2 Å². The van der Waals surface area contributed by atoms with Gasteiger partial charge in [0.1, 0.15) is 0 Å². The second kappa shape index (κ2) is 13.6. The number of aliphatic carboxylic acids is 1. The summed E-state index contributed by atoms with van der Waals surface area (Å²) in [5.41, 5.74) is 1.38. The van der Waals surface area contributed by atoms with E-state index in [2.05, 4.69) is 13.5 Å². The van der Waals surface area contributed by atoms with Gasteiger partial charge < -0.3 is 5.11 Å². The van der Waals surface area contributed by atoms with Crippen molar-refractivity contribution in [1.29, 1.82) is 0 Å². The van der Waals surface area contributed by atoms with Crippen LogP contribution in [0.5, 0.6) is 0 Å². The van der Waals surface area contributed by atoms with E-state index in [9.17, 15) is 4.79 Å². The van der Waals surface area contributed by atoms with Gasteiger partial charge in [-0.25, -0.2) is 0 Å². The maximum atomic E-state index is 10.3. The zero-order valence-electron chi connectivity index (χ0n) is 12.8. The Morgan fingerprint density at radius 1 is 0.789 bits per heavy atom. The summed E-state index contributed by atoms with van der Waals surface area (Å²) in [6.45, 7) is 6.39. The molecule has 0 bridgehead atoms. The number of carboxylic acid groups (broad SMARTS) is 1. The van der Waals surface area contributed by atoms with Crippen LogP contribution in [-0.4, -0.2) is 11.1 Å². The third-order valence-corrected chi connectivity index (χ3v) is 3.55. The van der Waals surface area contributed by atoms with Gasteiger partial charge in [-0.2, -0.15) is 0 Å². The van der Waals surface area contributed by atoms with Gasteiger partial charge in [0.25, 0.3) is 0 Å². The lowest BCUT2D eigenvalue weighted by Crippen LogP contribution is -1.93. The number of rotatable bonds is 14. The number of carbonyl (C=O) groups is 1. The van der Waals surface area contributed by atoms with Crippen LogP contribution in [0, 0.1) is 0 Å². The number of hydrogen-bond donors (Lipinski definition) is 1. The minimum absolute atomic E-state index is 0.318. The molecule has 112 valence electrons. The summed E-state index contributed by atoms with van der Waals surface area (Å²) in [7, 11) is 0. The Labute approximate surface area is 119 Å². The molecule has 19 heavy (non-hydrogen) atoms. The minimum atomic E-state index is -0.674. The van der Waals surface area contributed by atoms with Crippen molar-refractivity contribution in [2.75, 3.05) is 0 Å². The molecule has 0 aromatic carbocycles. The van der Waals surface area contributed by atoms with Crippen LogP contribution in [0.25, 0.3) is 0 Å². The van der Waals surface area contributed by atoms with Crippen LogP contribution < -0.4 is 0 Å². The molecular weight excluding hydrogens is 236 g/mol. The molecule has 1 N–H and O–H groups in total. The number of carboxylic acids is 1. The first kappa shape index (κ1) is 18.2. The Balaban J connectivity index is 3.19. The van der Waals surface area contributed by atoms with E-state index in [1.54, 1.807) is 0 Å². The van der Waals surface area contributed by atoms with Crippen LogP contribution in [0.3, 0.4) is 0 Å². The van der Waals surface area contributed by atoms with E-state index < -0.39 is 5.97 Å². The second-order valence-corrected chi connectivity index (χ2v) is 5.58. The highest BCUT2D eigenvalue weighted by molar-refractivity contribution is 5.66. The normalized spacial score (nSPS) is 10.6. The van der Waals surface area contributed by atoms with Crippen molar-refractivity contribution in [3.05, 3.63) is 12.2 Å². The molecule has 0 atom stereocenters. The molecular formula is C17H32O2. The zero-order chi connectivity index (χ0) is 14.3. The molecule has 0 radical (unpaired) electrons. The predicted molar refractivity (Wildman–Crippen MR) is 82.5 cm³/mol. The smallest absolute Gasteiger partial charge is 0.303 e. The Bertz CT molecular complexity index is 233. The average molecular weight is 268 g/mol. The van der Waals surface area contributed by atoms with Crippen molar-refractivity contribution >= 4 is 5.97 Å². The van der Waals surface area contributed by atoms with Gasteiger partial charge >= 0.3 is 5.97 Å². The average Bonchev–Trinajstić information content (AvgIpc) is 2.37. The molecule has 2 heteroatoms. The fraction of sp³-hybridized carbons (Fsp3) is 0.824. The van der Waals surface area contributed by atoms with Crippen molar-refractivity contribution in [3.63, 3.8) is 0 Å². The van der Waals surface area contributed by atoms with Crippen molar-refractivity contribution in [2.24, 2.45) is 0 Å². The summed E-state index contributed by atoms with van der Waals surface area (Å²) < 4.78 is 0. The SMILES string of the molecule is C=C(CCCCCCCC)CCCCCCC(=O)O. The molecule has 2 nitrogen and oxygen atoms in total. The summed E-state index contributed by atoms with van der Waals surface area (Å²) in [6.07, 6.45) is 14.9. The van der Waals surface area contributed by atoms with E-state index in [1.165, 1.54) is 56.9 Å². The van der Waals surface area contributed by atoms with Gasteiger partial charge in [0.05, 0.1) is 0 Å². The van der Waals surface area contributed by atoms with Gasteiger partial charge in [-0.15, -0.1) is 0 Å². The molecule has 0 aliphatic carbocycles. The fourth-order valence-electron chi connectivity index (χ4n) is 2.29. The van der Waals surface area contributed by atoms with Crippen molar-refractivity contribution in [1.82, 2.24) is 0 Å². The monoisotopic (exact) mass is 268 g/mol. The lowest BCUT2D eigenvalue weighted by molar-refractivity contribution is -0.137. The molecule has 0 rings (SSSR count). The molecule has 0 saturated carbocycles. The standard InChI is InChI=1S/C17H32O2/c1-3-4-5-6-7-10-13-16(2)14-11-8-9-12-15-17(18)19/h2-15H2,1H3,(H,18,19). The van der Waals surface area contributed by atoms with E-state index >= 15 is 0 Å². The van der Waals surface area contributed by atoms with Gasteiger partial charge in [0.15, 0.2) is 0 Å². The molecule has 0 spiro atoms. The molecule has 0 saturated heterocycles. The van der Waals surface area contributed by atoms with Crippen LogP contribution in [0.1, 0.15) is 90.4 Å². The minimum Gasteiger partial charge on any atom is -0.481 e. The predicted octanol–water partition coefficient (Wildman–Crippen LogP) is 5.72. The molecule has 0 aromatic rings. The number of unbranched alkanes of at least 4 members (excludes halogenated alkanes) is 8. The molecule has 0 aromatic heterocycles. The molecule has 0 heterocycles. The number of hydrogen-bond acceptors (Lipinski definition) is 1. The molecule has 0 unspecified atom stereocenters. The van der Waals surface area contributed by atoms with E-state index in [0.29, 0.717) is 6.42 Å². The quantitative estimate of drug-likeness (QED) is 0.323. The third kappa shape index (κ3) is 15.2. The Morgan fingerprint density at radius 2 is 1.21 bits per heavy atom. The van der Waals surface area contributed by atoms with Crippen molar-refractivity contribution in [2.45, 2.75) is 90.4 Å². The van der Waals surface area contributed by atoms with Crippen molar-refractivity contribution in [3.8, 4) is 0 Å². The summed E-state index contributed by atoms with van der Waals surface area (Å²) in [5, 5.41) is 8.52. The largest absolute Gasteiger partial charge is 0.481 e. The highest BCUT2D eigenvalue weighted by Crippen LogP contribution is 2.16. The fourth-order valence-corrected chi connectivity index (χ4v) is 2.29. The zero-order valence-corrected chi connectivity index (χ0v) is 12.8. The summed E-state index contributed by atoms with van der Waals surface area (Å²) >= 11 is 0. The van der Waals surface area contributed by atoms with Crippen molar-refractivity contribution < 1.29 is 9.90 Å². The second-order valence-electron chi connectivity index (χ2n) is 5.58. The Morgan fingerprint density at radius 3 is 1.68 bits per heavy atom. The molecule has 0 amide bonds. The summed E-state index contributed by atoms with van der Waals surface area (Å²) in [6, 6.07) is 0. The van der Waals surface area contributed by atoms with Crippen LogP contribution >= 0.6 is 0 Å². The van der Waals surface area contributed by atoms with E-state index in [-0.39, 0.29) is 0 Å². The number of allylic oxidation sites excluding steroid dienone is 1. The third-order valence-electron chi connectivity index (χ3n) is 3.55. The Kier molecular flexibility index (Phi) is 13.1. The lowest BCUT2D eigenvalue weighted by Gasteiger charge is -2.05. The van der Waals surface area contributed by atoms with Gasteiger partial charge in [-0.1, -0.05) is 64.0 Å². The van der Waals surface area contributed by atoms with Crippen LogP contribution in [-0.2, 0) is 4.79 Å². The maximum absolute atomic E-state index is 10.3. The van der Waals surface area contributed by atoms with Gasteiger partial charge in [0.2, 0.25) is 0 Å². The van der Waals surface area contributed by atoms with Gasteiger partial charge in [0, 0.05) is 6.42 Å². The molecule has 0 aliphatic heterocycles. The van der Waals surface area contributed by atoms with Crippen LogP contribution in [0.4, 0.5) is 0 Å². The Hall–Kier alpha value is -0.790. The molecule has 0 fully saturated rings. The highest BCUT2D eigenvalue weighted by atomic mass is 16.4. The maximum Gasteiger partial charge on any atom is 0.303 e. The first-order valence-electron chi connectivity index (χ1n) is 8.05. The summed E-state index contributed by atoms with van der Waals surface area (Å²) in [5.74, 6) is -0.674. The first-order valence-corrected chi connectivity index (χ1v) is 8.05. The topological polar surface area (TPSA) is 37.3 Å². The summed E-state index contributed by atoms with van der Waals surface area (Å²) in [4.78, 5) is 10.3.